The number of aryl methyl sites for hydroxylation is 1. The van der Waals surface area contributed by atoms with Crippen LogP contribution in [0.2, 0.25) is 0 Å². The van der Waals surface area contributed by atoms with Crippen LogP contribution in [-0.2, 0) is 16.1 Å². The number of likely N-dealkylation sites (tertiary alicyclic amines) is 1. The molecule has 4 rings (SSSR count). The fourth-order valence-corrected chi connectivity index (χ4v) is 4.69. The first kappa shape index (κ1) is 27.8. The molecule has 3 aromatic rings. The average molecular weight is 530 g/mol. The molecule has 1 amide bonds. The van der Waals surface area contributed by atoms with Crippen molar-refractivity contribution < 1.29 is 28.9 Å². The highest BCUT2D eigenvalue weighted by atomic mass is 16.5. The number of aliphatic hydroxyl groups is 1. The summed E-state index contributed by atoms with van der Waals surface area (Å²) in [6.07, 6.45) is -0.0628. The minimum absolute atomic E-state index is 0.00763. The van der Waals surface area contributed by atoms with E-state index < -0.39 is 17.7 Å². The van der Waals surface area contributed by atoms with Crippen molar-refractivity contribution in [2.24, 2.45) is 0 Å². The molecular formula is C32H35NO6. The number of hydrogen-bond acceptors (Lipinski definition) is 6. The van der Waals surface area contributed by atoms with Crippen molar-refractivity contribution in [2.75, 3.05) is 7.11 Å². The Kier molecular flexibility index (Phi) is 8.29. The Hall–Kier alpha value is -4.26. The normalized spacial score (nSPS) is 16.7. The fourth-order valence-electron chi connectivity index (χ4n) is 4.69. The molecule has 1 aliphatic heterocycles. The van der Waals surface area contributed by atoms with Crippen molar-refractivity contribution >= 4 is 17.4 Å². The summed E-state index contributed by atoms with van der Waals surface area (Å²) in [6.45, 7) is 9.78. The zero-order chi connectivity index (χ0) is 28.3. The zero-order valence-electron chi connectivity index (χ0n) is 23.2. The molecule has 1 aliphatic rings. The fraction of sp³-hybridized carbons (Fsp3) is 0.312. The van der Waals surface area contributed by atoms with E-state index in [0.717, 1.165) is 11.1 Å². The third-order valence-corrected chi connectivity index (χ3v) is 6.41. The second-order valence-corrected chi connectivity index (χ2v) is 10.2. The molecule has 0 aliphatic carbocycles. The van der Waals surface area contributed by atoms with E-state index in [1.54, 1.807) is 25.3 Å². The molecule has 1 atom stereocenters. The van der Waals surface area contributed by atoms with Crippen LogP contribution in [0.1, 0.15) is 56.0 Å². The van der Waals surface area contributed by atoms with Gasteiger partial charge >= 0.3 is 0 Å². The Morgan fingerprint density at radius 3 is 2.21 bits per heavy atom. The number of ether oxygens (including phenoxy) is 3. The highest BCUT2D eigenvalue weighted by Crippen LogP contribution is 2.41. The van der Waals surface area contributed by atoms with Gasteiger partial charge in [-0.15, -0.1) is 0 Å². The average Bonchev–Trinajstić information content (AvgIpc) is 3.14. The molecule has 0 radical (unpaired) electrons. The minimum atomic E-state index is -0.810. The highest BCUT2D eigenvalue weighted by molar-refractivity contribution is 6.46. The number of carbonyl (C=O) groups excluding carboxylic acids is 2. The first-order chi connectivity index (χ1) is 18.6. The van der Waals surface area contributed by atoms with Crippen LogP contribution in [0.5, 0.6) is 17.2 Å². The largest absolute Gasteiger partial charge is 0.507 e. The van der Waals surface area contributed by atoms with Crippen LogP contribution in [0, 0.1) is 6.92 Å². The Labute approximate surface area is 229 Å². The van der Waals surface area contributed by atoms with Crippen molar-refractivity contribution in [3.8, 4) is 17.2 Å². The smallest absolute Gasteiger partial charge is 0.295 e. The van der Waals surface area contributed by atoms with E-state index in [2.05, 4.69) is 0 Å². The lowest BCUT2D eigenvalue weighted by Crippen LogP contribution is -2.29. The topological polar surface area (TPSA) is 85.3 Å². The Morgan fingerprint density at radius 1 is 0.897 bits per heavy atom. The van der Waals surface area contributed by atoms with E-state index in [9.17, 15) is 14.7 Å². The van der Waals surface area contributed by atoms with Crippen molar-refractivity contribution in [3.05, 3.63) is 94.6 Å². The van der Waals surface area contributed by atoms with Gasteiger partial charge in [0.15, 0.2) is 0 Å². The number of hydrogen-bond donors (Lipinski definition) is 1. The molecule has 1 unspecified atom stereocenters. The number of Topliss-reactive ketones (excluding diaryl/α,β-unsaturated/α-hetero) is 1. The van der Waals surface area contributed by atoms with Gasteiger partial charge in [-0.2, -0.15) is 0 Å². The number of nitrogens with zero attached hydrogens (tertiary/aromatic N) is 1. The summed E-state index contributed by atoms with van der Waals surface area (Å²) in [5.41, 5.74) is 2.77. The molecule has 1 saturated heterocycles. The molecule has 7 heteroatoms. The number of benzene rings is 3. The van der Waals surface area contributed by atoms with Gasteiger partial charge in [0, 0.05) is 12.1 Å². The van der Waals surface area contributed by atoms with E-state index in [4.69, 9.17) is 14.2 Å². The third kappa shape index (κ3) is 6.08. The lowest BCUT2D eigenvalue weighted by Gasteiger charge is -2.26. The molecular weight excluding hydrogens is 494 g/mol. The van der Waals surface area contributed by atoms with Gasteiger partial charge in [0.05, 0.1) is 30.9 Å². The van der Waals surface area contributed by atoms with Crippen molar-refractivity contribution in [1.29, 1.82) is 0 Å². The Bertz CT molecular complexity index is 1390. The summed E-state index contributed by atoms with van der Waals surface area (Å²) in [5, 5.41) is 11.5. The quantitative estimate of drug-likeness (QED) is 0.202. The number of rotatable bonds is 9. The first-order valence-electron chi connectivity index (χ1n) is 13.0. The Balaban J connectivity index is 1.83. The van der Waals surface area contributed by atoms with E-state index in [0.29, 0.717) is 28.4 Å². The number of amides is 1. The molecule has 1 fully saturated rings. The maximum Gasteiger partial charge on any atom is 0.295 e. The lowest BCUT2D eigenvalue weighted by molar-refractivity contribution is -0.140. The van der Waals surface area contributed by atoms with Crippen LogP contribution in [-0.4, -0.2) is 41.0 Å². The summed E-state index contributed by atoms with van der Waals surface area (Å²) < 4.78 is 17.0. The van der Waals surface area contributed by atoms with Crippen LogP contribution in [0.4, 0.5) is 0 Å². The van der Waals surface area contributed by atoms with Gasteiger partial charge in [-0.25, -0.2) is 0 Å². The highest BCUT2D eigenvalue weighted by Gasteiger charge is 2.46. The summed E-state index contributed by atoms with van der Waals surface area (Å²) in [7, 11) is 1.59. The van der Waals surface area contributed by atoms with Gasteiger partial charge < -0.3 is 24.2 Å². The minimum Gasteiger partial charge on any atom is -0.507 e. The van der Waals surface area contributed by atoms with E-state index in [-0.39, 0.29) is 30.1 Å². The van der Waals surface area contributed by atoms with Crippen molar-refractivity contribution in [2.45, 2.75) is 59.4 Å². The van der Waals surface area contributed by atoms with Gasteiger partial charge in [-0.1, -0.05) is 24.3 Å². The molecule has 1 heterocycles. The lowest BCUT2D eigenvalue weighted by atomic mass is 9.94. The van der Waals surface area contributed by atoms with Gasteiger partial charge in [-0.3, -0.25) is 9.59 Å². The monoisotopic (exact) mass is 529 g/mol. The molecule has 204 valence electrons. The number of aliphatic hydroxyl groups excluding tert-OH is 1. The molecule has 0 bridgehead atoms. The Morgan fingerprint density at radius 2 is 1.59 bits per heavy atom. The molecule has 0 saturated carbocycles. The van der Waals surface area contributed by atoms with Crippen LogP contribution >= 0.6 is 0 Å². The molecule has 1 N–H and O–H groups in total. The van der Waals surface area contributed by atoms with Crippen LogP contribution in [0.25, 0.3) is 5.76 Å². The van der Waals surface area contributed by atoms with Crippen LogP contribution < -0.4 is 14.2 Å². The summed E-state index contributed by atoms with van der Waals surface area (Å²) in [5.74, 6) is 0.353. The van der Waals surface area contributed by atoms with E-state index in [1.165, 1.54) is 4.90 Å². The van der Waals surface area contributed by atoms with Gasteiger partial charge in [0.25, 0.3) is 11.7 Å². The standard InChI is InChI=1S/C32H35NO6/c1-19(2)38-26-9-7-8-23(17-26)29-28(30(34)24-12-15-27(21(5)16-24)39-20(3)4)31(35)32(36)33(29)18-22-10-13-25(37-6)14-11-22/h7-17,19-20,29,34H,18H2,1-6H3/b30-28+. The van der Waals surface area contributed by atoms with Crippen molar-refractivity contribution in [1.82, 2.24) is 4.90 Å². The number of ketones is 1. The first-order valence-corrected chi connectivity index (χ1v) is 13.0. The van der Waals surface area contributed by atoms with Gasteiger partial charge in [0.2, 0.25) is 0 Å². The van der Waals surface area contributed by atoms with E-state index in [1.807, 2.05) is 83.1 Å². The maximum absolute atomic E-state index is 13.5. The van der Waals surface area contributed by atoms with Gasteiger partial charge in [-0.05, 0) is 93.8 Å². The van der Waals surface area contributed by atoms with E-state index >= 15 is 0 Å². The predicted molar refractivity (Wildman–Crippen MR) is 150 cm³/mol. The molecule has 3 aromatic carbocycles. The predicted octanol–water partition coefficient (Wildman–Crippen LogP) is 6.20. The van der Waals surface area contributed by atoms with Crippen LogP contribution in [0.3, 0.4) is 0 Å². The maximum atomic E-state index is 13.5. The molecule has 39 heavy (non-hydrogen) atoms. The number of carbonyl (C=O) groups is 2. The van der Waals surface area contributed by atoms with Crippen molar-refractivity contribution in [3.63, 3.8) is 0 Å². The SMILES string of the molecule is COc1ccc(CN2C(=O)C(=O)/C(=C(/O)c3ccc(OC(C)C)c(C)c3)C2c2cccc(OC(C)C)c2)cc1. The summed E-state index contributed by atoms with van der Waals surface area (Å²) >= 11 is 0. The second kappa shape index (κ2) is 11.6. The second-order valence-electron chi connectivity index (χ2n) is 10.2. The van der Waals surface area contributed by atoms with Gasteiger partial charge in [0.1, 0.15) is 23.0 Å². The zero-order valence-corrected chi connectivity index (χ0v) is 23.2. The van der Waals surface area contributed by atoms with Crippen LogP contribution in [0.15, 0.2) is 72.3 Å². The summed E-state index contributed by atoms with van der Waals surface area (Å²) in [4.78, 5) is 28.4. The molecule has 0 aromatic heterocycles. The summed E-state index contributed by atoms with van der Waals surface area (Å²) in [6, 6.07) is 19.0. The number of methoxy groups -OCH3 is 1. The molecule has 0 spiro atoms. The third-order valence-electron chi connectivity index (χ3n) is 6.41. The molecule has 7 nitrogen and oxygen atoms in total.